The van der Waals surface area contributed by atoms with Gasteiger partial charge in [0.05, 0.1) is 0 Å². The fraction of sp³-hybridized carbons (Fsp3) is 0.611. The van der Waals surface area contributed by atoms with E-state index < -0.39 is 0 Å². The number of aryl methyl sites for hydroxylation is 2. The van der Waals surface area contributed by atoms with Gasteiger partial charge in [0, 0.05) is 13.0 Å². The van der Waals surface area contributed by atoms with Crippen molar-refractivity contribution in [2.75, 3.05) is 13.1 Å². The molecule has 2 unspecified atom stereocenters. The van der Waals surface area contributed by atoms with Crippen LogP contribution in [0.5, 0.6) is 0 Å². The zero-order chi connectivity index (χ0) is 15.1. The summed E-state index contributed by atoms with van der Waals surface area (Å²) < 4.78 is 0. The van der Waals surface area contributed by atoms with Crippen molar-refractivity contribution in [3.63, 3.8) is 0 Å². The van der Waals surface area contributed by atoms with Gasteiger partial charge in [-0.15, -0.1) is 0 Å². The second-order valence-corrected chi connectivity index (χ2v) is 6.33. The summed E-state index contributed by atoms with van der Waals surface area (Å²) >= 11 is 0. The molecule has 2 atom stereocenters. The summed E-state index contributed by atoms with van der Waals surface area (Å²) in [5, 5.41) is 3.10. The molecular weight excluding hydrogens is 260 g/mol. The van der Waals surface area contributed by atoms with Crippen LogP contribution in [0.25, 0.3) is 0 Å². The Kier molecular flexibility index (Phi) is 6.24. The molecule has 0 heterocycles. The van der Waals surface area contributed by atoms with Crippen LogP contribution in [0.1, 0.15) is 43.2 Å². The Bertz CT molecular complexity index is 441. The third-order valence-corrected chi connectivity index (χ3v) is 4.69. The van der Waals surface area contributed by atoms with Crippen LogP contribution in [0.4, 0.5) is 0 Å². The first-order valence-corrected chi connectivity index (χ1v) is 8.21. The van der Waals surface area contributed by atoms with Gasteiger partial charge in [0.1, 0.15) is 0 Å². The standard InChI is InChI=1S/C18H28N2O/c1-14-6-8-15(9-7-14)10-11-18(21)20-13-17-5-3-2-4-16(17)12-19/h6-9,16-17H,2-5,10-13,19H2,1H3,(H,20,21). The summed E-state index contributed by atoms with van der Waals surface area (Å²) in [4.78, 5) is 12.0. The molecule has 0 bridgehead atoms. The lowest BCUT2D eigenvalue weighted by Gasteiger charge is -2.30. The highest BCUT2D eigenvalue weighted by molar-refractivity contribution is 5.76. The highest BCUT2D eigenvalue weighted by Crippen LogP contribution is 2.28. The van der Waals surface area contributed by atoms with Gasteiger partial charge in [-0.2, -0.15) is 0 Å². The van der Waals surface area contributed by atoms with Gasteiger partial charge in [-0.25, -0.2) is 0 Å². The van der Waals surface area contributed by atoms with Gasteiger partial charge in [0.25, 0.3) is 0 Å². The molecular formula is C18H28N2O. The lowest BCUT2D eigenvalue weighted by atomic mass is 9.79. The van der Waals surface area contributed by atoms with E-state index in [1.54, 1.807) is 0 Å². The smallest absolute Gasteiger partial charge is 0.220 e. The molecule has 1 aliphatic carbocycles. The first kappa shape index (κ1) is 16.0. The van der Waals surface area contributed by atoms with E-state index in [1.165, 1.54) is 36.8 Å². The van der Waals surface area contributed by atoms with Crippen molar-refractivity contribution in [3.8, 4) is 0 Å². The highest BCUT2D eigenvalue weighted by Gasteiger charge is 2.23. The molecule has 3 N–H and O–H groups in total. The molecule has 0 aliphatic heterocycles. The molecule has 0 spiro atoms. The van der Waals surface area contributed by atoms with Crippen LogP contribution in [-0.4, -0.2) is 19.0 Å². The van der Waals surface area contributed by atoms with E-state index in [-0.39, 0.29) is 5.91 Å². The minimum Gasteiger partial charge on any atom is -0.356 e. The first-order chi connectivity index (χ1) is 10.2. The molecule has 1 aliphatic rings. The van der Waals surface area contributed by atoms with E-state index in [1.807, 2.05) is 0 Å². The van der Waals surface area contributed by atoms with E-state index >= 15 is 0 Å². The Morgan fingerprint density at radius 3 is 2.52 bits per heavy atom. The van der Waals surface area contributed by atoms with Crippen LogP contribution in [-0.2, 0) is 11.2 Å². The molecule has 116 valence electrons. The number of benzene rings is 1. The molecule has 1 amide bonds. The summed E-state index contributed by atoms with van der Waals surface area (Å²) in [5.41, 5.74) is 8.32. The summed E-state index contributed by atoms with van der Waals surface area (Å²) in [5.74, 6) is 1.33. The van der Waals surface area contributed by atoms with Crippen molar-refractivity contribution >= 4 is 5.91 Å². The monoisotopic (exact) mass is 288 g/mol. The zero-order valence-electron chi connectivity index (χ0n) is 13.1. The van der Waals surface area contributed by atoms with Gasteiger partial charge < -0.3 is 11.1 Å². The van der Waals surface area contributed by atoms with E-state index in [0.29, 0.717) is 18.3 Å². The SMILES string of the molecule is Cc1ccc(CCC(=O)NCC2CCCCC2CN)cc1. The number of carbonyl (C=O) groups is 1. The third kappa shape index (κ3) is 5.16. The Labute approximate surface area is 128 Å². The lowest BCUT2D eigenvalue weighted by Crippen LogP contribution is -2.37. The van der Waals surface area contributed by atoms with Crippen LogP contribution in [0, 0.1) is 18.8 Å². The number of rotatable bonds is 6. The molecule has 0 saturated heterocycles. The fourth-order valence-corrected chi connectivity index (χ4v) is 3.21. The Morgan fingerprint density at radius 2 is 1.86 bits per heavy atom. The minimum absolute atomic E-state index is 0.164. The molecule has 21 heavy (non-hydrogen) atoms. The average Bonchev–Trinajstić information content (AvgIpc) is 2.52. The number of nitrogens with one attached hydrogen (secondary N) is 1. The number of nitrogens with two attached hydrogens (primary N) is 1. The quantitative estimate of drug-likeness (QED) is 0.845. The highest BCUT2D eigenvalue weighted by atomic mass is 16.1. The predicted octanol–water partition coefficient (Wildman–Crippen LogP) is 2.81. The van der Waals surface area contributed by atoms with Gasteiger partial charge in [0.15, 0.2) is 0 Å². The van der Waals surface area contributed by atoms with Gasteiger partial charge >= 0.3 is 0 Å². The Balaban J connectivity index is 1.70. The lowest BCUT2D eigenvalue weighted by molar-refractivity contribution is -0.121. The maximum Gasteiger partial charge on any atom is 0.220 e. The zero-order valence-corrected chi connectivity index (χ0v) is 13.1. The van der Waals surface area contributed by atoms with Crippen molar-refractivity contribution in [2.24, 2.45) is 17.6 Å². The van der Waals surface area contributed by atoms with E-state index in [2.05, 4.69) is 36.5 Å². The van der Waals surface area contributed by atoms with E-state index in [0.717, 1.165) is 19.5 Å². The van der Waals surface area contributed by atoms with Gasteiger partial charge in [0.2, 0.25) is 5.91 Å². The molecule has 0 radical (unpaired) electrons. The molecule has 1 saturated carbocycles. The maximum absolute atomic E-state index is 12.0. The second kappa shape index (κ2) is 8.18. The Hall–Kier alpha value is -1.35. The summed E-state index contributed by atoms with van der Waals surface area (Å²) in [6.45, 7) is 3.63. The van der Waals surface area contributed by atoms with Crippen molar-refractivity contribution in [1.29, 1.82) is 0 Å². The molecule has 2 rings (SSSR count). The minimum atomic E-state index is 0.164. The molecule has 3 heteroatoms. The molecule has 3 nitrogen and oxygen atoms in total. The molecule has 1 aromatic rings. The molecule has 1 aromatic carbocycles. The van der Waals surface area contributed by atoms with Crippen LogP contribution >= 0.6 is 0 Å². The number of hydrogen-bond donors (Lipinski definition) is 2. The van der Waals surface area contributed by atoms with Crippen LogP contribution in [0.2, 0.25) is 0 Å². The summed E-state index contributed by atoms with van der Waals surface area (Å²) in [7, 11) is 0. The van der Waals surface area contributed by atoms with Crippen LogP contribution in [0.15, 0.2) is 24.3 Å². The molecule has 1 fully saturated rings. The third-order valence-electron chi connectivity index (χ3n) is 4.69. The number of carbonyl (C=O) groups excluding carboxylic acids is 1. The van der Waals surface area contributed by atoms with Crippen molar-refractivity contribution in [1.82, 2.24) is 5.32 Å². The van der Waals surface area contributed by atoms with Gasteiger partial charge in [-0.1, -0.05) is 42.7 Å². The summed E-state index contributed by atoms with van der Waals surface area (Å²) in [6.07, 6.45) is 6.39. The Morgan fingerprint density at radius 1 is 1.19 bits per heavy atom. The first-order valence-electron chi connectivity index (χ1n) is 8.21. The van der Waals surface area contributed by atoms with Crippen molar-refractivity contribution in [3.05, 3.63) is 35.4 Å². The van der Waals surface area contributed by atoms with E-state index in [4.69, 9.17) is 5.73 Å². The normalized spacial score (nSPS) is 22.0. The number of hydrogen-bond acceptors (Lipinski definition) is 2. The molecule has 0 aromatic heterocycles. The van der Waals surface area contributed by atoms with Crippen LogP contribution < -0.4 is 11.1 Å². The average molecular weight is 288 g/mol. The largest absolute Gasteiger partial charge is 0.356 e. The topological polar surface area (TPSA) is 55.1 Å². The van der Waals surface area contributed by atoms with E-state index in [9.17, 15) is 4.79 Å². The van der Waals surface area contributed by atoms with Crippen LogP contribution in [0.3, 0.4) is 0 Å². The predicted molar refractivity (Wildman–Crippen MR) is 87.0 cm³/mol. The van der Waals surface area contributed by atoms with Gasteiger partial charge in [-0.05, 0) is 50.1 Å². The number of amides is 1. The second-order valence-electron chi connectivity index (χ2n) is 6.33. The van der Waals surface area contributed by atoms with Gasteiger partial charge in [-0.3, -0.25) is 4.79 Å². The summed E-state index contributed by atoms with van der Waals surface area (Å²) in [6, 6.07) is 8.41. The van der Waals surface area contributed by atoms with Crippen molar-refractivity contribution in [2.45, 2.75) is 45.4 Å². The van der Waals surface area contributed by atoms with Crippen molar-refractivity contribution < 1.29 is 4.79 Å². The fourth-order valence-electron chi connectivity index (χ4n) is 3.21. The maximum atomic E-state index is 12.0.